The van der Waals surface area contributed by atoms with E-state index in [1.54, 1.807) is 12.1 Å². The number of ether oxygens (including phenoxy) is 1. The molecule has 0 aromatic heterocycles. The minimum absolute atomic E-state index is 0.0675. The van der Waals surface area contributed by atoms with Gasteiger partial charge in [0, 0.05) is 16.8 Å². The molecule has 0 unspecified atom stereocenters. The Morgan fingerprint density at radius 1 is 1.30 bits per heavy atom. The number of nitrogens with zero attached hydrogens (tertiary/aromatic N) is 1. The lowest BCUT2D eigenvalue weighted by Crippen LogP contribution is -2.30. The van der Waals surface area contributed by atoms with Gasteiger partial charge < -0.3 is 4.74 Å². The van der Waals surface area contributed by atoms with Crippen molar-refractivity contribution in [1.29, 1.82) is 0 Å². The topological polar surface area (TPSA) is 52.4 Å². The van der Waals surface area contributed by atoms with Crippen LogP contribution >= 0.6 is 15.9 Å². The summed E-state index contributed by atoms with van der Waals surface area (Å²) in [5.41, 5.74) is 0.173. The minimum Gasteiger partial charge on any atom is -0.493 e. The van der Waals surface area contributed by atoms with Gasteiger partial charge in [0.15, 0.2) is 0 Å². The summed E-state index contributed by atoms with van der Waals surface area (Å²) in [6.45, 7) is 4.92. The van der Waals surface area contributed by atoms with Crippen molar-refractivity contribution < 1.29 is 9.66 Å². The van der Waals surface area contributed by atoms with E-state index in [9.17, 15) is 10.1 Å². The molecule has 0 saturated heterocycles. The summed E-state index contributed by atoms with van der Waals surface area (Å²) < 4.78 is 5.82. The fourth-order valence-corrected chi connectivity index (χ4v) is 3.15. The molecule has 0 amide bonds. The van der Waals surface area contributed by atoms with E-state index >= 15 is 0 Å². The van der Waals surface area contributed by atoms with Gasteiger partial charge in [-0.25, -0.2) is 0 Å². The third-order valence-corrected chi connectivity index (χ3v) is 4.61. The lowest BCUT2D eigenvalue weighted by Gasteiger charge is -2.31. The molecule has 0 aliphatic heterocycles. The van der Waals surface area contributed by atoms with Crippen LogP contribution in [-0.2, 0) is 0 Å². The quantitative estimate of drug-likeness (QED) is 0.362. The van der Waals surface area contributed by atoms with Crippen molar-refractivity contribution in [2.75, 3.05) is 11.9 Å². The van der Waals surface area contributed by atoms with Gasteiger partial charge in [0.05, 0.1) is 17.6 Å². The van der Waals surface area contributed by atoms with Crippen LogP contribution < -0.4 is 4.74 Å². The van der Waals surface area contributed by atoms with Gasteiger partial charge >= 0.3 is 0 Å². The molecule has 5 heteroatoms. The second-order valence-electron chi connectivity index (χ2n) is 5.18. The Bertz CT molecular complexity index is 431. The number of nitro benzene ring substituents is 1. The summed E-state index contributed by atoms with van der Waals surface area (Å²) in [5, 5.41) is 11.6. The number of alkyl halides is 1. The van der Waals surface area contributed by atoms with Gasteiger partial charge in [-0.2, -0.15) is 0 Å². The SMILES string of the molecule is CCCC(CBr)(CCC)COc1cccc([N+](=O)[O-])c1. The second kappa shape index (κ2) is 8.25. The first-order chi connectivity index (χ1) is 9.56. The van der Waals surface area contributed by atoms with Crippen molar-refractivity contribution in [2.45, 2.75) is 39.5 Å². The van der Waals surface area contributed by atoms with Crippen molar-refractivity contribution in [3.05, 3.63) is 34.4 Å². The van der Waals surface area contributed by atoms with Crippen LogP contribution in [0.25, 0.3) is 0 Å². The largest absolute Gasteiger partial charge is 0.493 e. The van der Waals surface area contributed by atoms with Crippen molar-refractivity contribution >= 4 is 21.6 Å². The summed E-state index contributed by atoms with van der Waals surface area (Å²) in [4.78, 5) is 10.4. The molecular formula is C15H22BrNO3. The lowest BCUT2D eigenvalue weighted by molar-refractivity contribution is -0.384. The first-order valence-electron chi connectivity index (χ1n) is 7.00. The fourth-order valence-electron chi connectivity index (χ4n) is 2.43. The minimum atomic E-state index is -0.400. The average Bonchev–Trinajstić information content (AvgIpc) is 2.45. The average molecular weight is 344 g/mol. The third kappa shape index (κ3) is 4.78. The molecule has 0 fully saturated rings. The van der Waals surface area contributed by atoms with Crippen LogP contribution in [0.15, 0.2) is 24.3 Å². The van der Waals surface area contributed by atoms with Gasteiger partial charge in [0.25, 0.3) is 5.69 Å². The zero-order valence-electron chi connectivity index (χ0n) is 12.1. The molecule has 0 spiro atoms. The molecule has 0 heterocycles. The van der Waals surface area contributed by atoms with Crippen LogP contribution in [0.2, 0.25) is 0 Å². The monoisotopic (exact) mass is 343 g/mol. The molecule has 0 aliphatic carbocycles. The summed E-state index contributed by atoms with van der Waals surface area (Å²) in [6.07, 6.45) is 4.37. The molecule has 0 aliphatic rings. The highest BCUT2D eigenvalue weighted by Crippen LogP contribution is 2.33. The Hall–Kier alpha value is -1.10. The molecule has 1 rings (SSSR count). The first kappa shape index (κ1) is 17.0. The lowest BCUT2D eigenvalue weighted by atomic mass is 9.82. The van der Waals surface area contributed by atoms with Gasteiger partial charge in [-0.1, -0.05) is 48.7 Å². The Balaban J connectivity index is 2.76. The molecular weight excluding hydrogens is 322 g/mol. The highest BCUT2D eigenvalue weighted by atomic mass is 79.9. The van der Waals surface area contributed by atoms with Crippen LogP contribution in [-0.4, -0.2) is 16.9 Å². The number of non-ortho nitro benzene ring substituents is 1. The molecule has 0 saturated carbocycles. The zero-order chi connectivity index (χ0) is 15.0. The van der Waals surface area contributed by atoms with Gasteiger partial charge in [-0.15, -0.1) is 0 Å². The maximum absolute atomic E-state index is 10.8. The number of benzene rings is 1. The summed E-state index contributed by atoms with van der Waals surface area (Å²) in [5.74, 6) is 0.566. The Morgan fingerprint density at radius 2 is 1.95 bits per heavy atom. The standard InChI is InChI=1S/C15H22BrNO3/c1-3-8-15(11-16,9-4-2)12-20-14-7-5-6-13(10-14)17(18)19/h5-7,10H,3-4,8-9,11-12H2,1-2H3. The number of hydrogen-bond acceptors (Lipinski definition) is 3. The summed E-state index contributed by atoms with van der Waals surface area (Å²) in [7, 11) is 0. The zero-order valence-corrected chi connectivity index (χ0v) is 13.7. The van der Waals surface area contributed by atoms with Gasteiger partial charge in [0.2, 0.25) is 0 Å². The van der Waals surface area contributed by atoms with Gasteiger partial charge in [-0.05, 0) is 18.9 Å². The highest BCUT2D eigenvalue weighted by Gasteiger charge is 2.28. The van der Waals surface area contributed by atoms with Crippen LogP contribution in [0.5, 0.6) is 5.75 Å². The molecule has 20 heavy (non-hydrogen) atoms. The number of rotatable bonds is 9. The Morgan fingerprint density at radius 3 is 2.45 bits per heavy atom. The maximum Gasteiger partial charge on any atom is 0.273 e. The predicted molar refractivity (Wildman–Crippen MR) is 84.6 cm³/mol. The molecule has 0 radical (unpaired) electrons. The van der Waals surface area contributed by atoms with Crippen molar-refractivity contribution in [2.24, 2.45) is 5.41 Å². The van der Waals surface area contributed by atoms with Gasteiger partial charge in [-0.3, -0.25) is 10.1 Å². The molecule has 112 valence electrons. The fraction of sp³-hybridized carbons (Fsp3) is 0.600. The molecule has 0 bridgehead atoms. The molecule has 1 aromatic carbocycles. The predicted octanol–water partition coefficient (Wildman–Crippen LogP) is 4.96. The van der Waals surface area contributed by atoms with Crippen molar-refractivity contribution in [3.8, 4) is 5.75 Å². The number of hydrogen-bond donors (Lipinski definition) is 0. The Labute approximate surface area is 128 Å². The number of nitro groups is 1. The van der Waals surface area contributed by atoms with E-state index < -0.39 is 4.92 Å². The van der Waals surface area contributed by atoms with Crippen molar-refractivity contribution in [3.63, 3.8) is 0 Å². The summed E-state index contributed by atoms with van der Waals surface area (Å²) in [6, 6.07) is 6.38. The summed E-state index contributed by atoms with van der Waals surface area (Å²) >= 11 is 3.60. The normalized spacial score (nSPS) is 11.3. The van der Waals surface area contributed by atoms with E-state index in [0.717, 1.165) is 31.0 Å². The highest BCUT2D eigenvalue weighted by molar-refractivity contribution is 9.09. The van der Waals surface area contributed by atoms with Crippen LogP contribution in [0.1, 0.15) is 39.5 Å². The van der Waals surface area contributed by atoms with Crippen molar-refractivity contribution in [1.82, 2.24) is 0 Å². The van der Waals surface area contributed by atoms with Crippen LogP contribution in [0.3, 0.4) is 0 Å². The Kier molecular flexibility index (Phi) is 6.99. The van der Waals surface area contributed by atoms with E-state index in [0.29, 0.717) is 12.4 Å². The molecule has 0 N–H and O–H groups in total. The molecule has 1 aromatic rings. The van der Waals surface area contributed by atoms with Crippen LogP contribution in [0, 0.1) is 15.5 Å². The van der Waals surface area contributed by atoms with E-state index in [-0.39, 0.29) is 11.1 Å². The molecule has 4 nitrogen and oxygen atoms in total. The van der Waals surface area contributed by atoms with Gasteiger partial charge in [0.1, 0.15) is 5.75 Å². The molecule has 0 atom stereocenters. The smallest absolute Gasteiger partial charge is 0.273 e. The maximum atomic E-state index is 10.8. The second-order valence-corrected chi connectivity index (χ2v) is 5.74. The number of halogens is 1. The third-order valence-electron chi connectivity index (χ3n) is 3.42. The van der Waals surface area contributed by atoms with Crippen LogP contribution in [0.4, 0.5) is 5.69 Å². The van der Waals surface area contributed by atoms with E-state index in [2.05, 4.69) is 29.8 Å². The van der Waals surface area contributed by atoms with E-state index in [1.807, 2.05) is 0 Å². The van der Waals surface area contributed by atoms with E-state index in [1.165, 1.54) is 12.1 Å². The first-order valence-corrected chi connectivity index (χ1v) is 8.12. The van der Waals surface area contributed by atoms with E-state index in [4.69, 9.17) is 4.74 Å².